The lowest BCUT2D eigenvalue weighted by molar-refractivity contribution is -0.0527. The van der Waals surface area contributed by atoms with E-state index in [1.54, 1.807) is 0 Å². The summed E-state index contributed by atoms with van der Waals surface area (Å²) in [6, 6.07) is 12.3. The van der Waals surface area contributed by atoms with Crippen molar-refractivity contribution in [1.29, 1.82) is 0 Å². The summed E-state index contributed by atoms with van der Waals surface area (Å²) < 4.78 is 5.44. The van der Waals surface area contributed by atoms with Crippen LogP contribution in [0.15, 0.2) is 36.4 Å². The van der Waals surface area contributed by atoms with Gasteiger partial charge in [0.1, 0.15) is 0 Å². The fourth-order valence-corrected chi connectivity index (χ4v) is 2.76. The number of carbonyl (C=O) groups is 1. The molecule has 0 amide bonds. The van der Waals surface area contributed by atoms with Crippen LogP contribution in [0.4, 0.5) is 0 Å². The zero-order chi connectivity index (χ0) is 11.7. The topological polar surface area (TPSA) is 26.3 Å². The molecule has 0 N–H and O–H groups in total. The molecule has 86 valence electrons. The van der Waals surface area contributed by atoms with Crippen molar-refractivity contribution in [3.8, 4) is 10.4 Å². The van der Waals surface area contributed by atoms with Gasteiger partial charge in [0.15, 0.2) is 6.29 Å². The Morgan fingerprint density at radius 2 is 1.94 bits per heavy atom. The van der Waals surface area contributed by atoms with Gasteiger partial charge in [0, 0.05) is 11.3 Å². The van der Waals surface area contributed by atoms with Gasteiger partial charge in [-0.3, -0.25) is 4.79 Å². The number of ether oxygens (including phenoxy) is 1. The van der Waals surface area contributed by atoms with Crippen molar-refractivity contribution in [2.75, 3.05) is 6.61 Å². The summed E-state index contributed by atoms with van der Waals surface area (Å²) in [6.07, 6.45) is 2.30. The van der Waals surface area contributed by atoms with Crippen LogP contribution in [-0.4, -0.2) is 12.9 Å². The Bertz CT molecular complexity index is 523. The average Bonchev–Trinajstić information content (AvgIpc) is 2.76. The van der Waals surface area contributed by atoms with Gasteiger partial charge in [-0.15, -0.1) is 11.3 Å². The zero-order valence-corrected chi connectivity index (χ0v) is 10.1. The fourth-order valence-electron chi connectivity index (χ4n) is 1.93. The minimum Gasteiger partial charge on any atom is -0.373 e. The summed E-state index contributed by atoms with van der Waals surface area (Å²) in [7, 11) is 0. The third kappa shape index (κ3) is 2.04. The highest BCUT2D eigenvalue weighted by Crippen LogP contribution is 2.32. The Morgan fingerprint density at radius 3 is 2.47 bits per heavy atom. The van der Waals surface area contributed by atoms with E-state index >= 15 is 0 Å². The maximum Gasteiger partial charge on any atom is 0.160 e. The maximum atomic E-state index is 10.6. The number of carbonyl (C=O) groups excluding carboxylic acids is 1. The van der Waals surface area contributed by atoms with Crippen molar-refractivity contribution in [1.82, 2.24) is 0 Å². The van der Waals surface area contributed by atoms with Gasteiger partial charge >= 0.3 is 0 Å². The summed E-state index contributed by atoms with van der Waals surface area (Å²) in [5.74, 6) is 0. The summed E-state index contributed by atoms with van der Waals surface area (Å²) in [5.41, 5.74) is 2.40. The molecule has 2 heterocycles. The Kier molecular flexibility index (Phi) is 2.79. The monoisotopic (exact) mass is 244 g/mol. The normalized spacial score (nSPS) is 18.7. The van der Waals surface area contributed by atoms with Gasteiger partial charge in [-0.05, 0) is 23.3 Å². The van der Waals surface area contributed by atoms with Crippen molar-refractivity contribution >= 4 is 17.6 Å². The summed E-state index contributed by atoms with van der Waals surface area (Å²) in [4.78, 5) is 12.5. The van der Waals surface area contributed by atoms with Crippen LogP contribution in [0.25, 0.3) is 10.4 Å². The summed E-state index contributed by atoms with van der Waals surface area (Å²) in [6.45, 7) is 0.875. The first-order valence-electron chi connectivity index (χ1n) is 5.64. The second kappa shape index (κ2) is 4.43. The molecule has 1 aromatic heterocycles. The molecule has 1 aliphatic rings. The van der Waals surface area contributed by atoms with E-state index in [2.05, 4.69) is 24.3 Å². The minimum absolute atomic E-state index is 0.290. The van der Waals surface area contributed by atoms with Crippen LogP contribution >= 0.6 is 11.3 Å². The molecule has 3 rings (SSSR count). The number of rotatable bonds is 3. The number of aldehydes is 1. The van der Waals surface area contributed by atoms with Gasteiger partial charge < -0.3 is 4.74 Å². The second-order valence-corrected chi connectivity index (χ2v) is 5.21. The molecule has 0 radical (unpaired) electrons. The van der Waals surface area contributed by atoms with E-state index in [-0.39, 0.29) is 6.10 Å². The van der Waals surface area contributed by atoms with Crippen LogP contribution in [0.3, 0.4) is 0 Å². The van der Waals surface area contributed by atoms with Crippen LogP contribution < -0.4 is 0 Å². The minimum atomic E-state index is 0.290. The van der Waals surface area contributed by atoms with Gasteiger partial charge in [-0.25, -0.2) is 0 Å². The van der Waals surface area contributed by atoms with Crippen molar-refractivity contribution in [2.45, 2.75) is 12.5 Å². The van der Waals surface area contributed by atoms with Crippen molar-refractivity contribution in [3.05, 3.63) is 46.8 Å². The highest BCUT2D eigenvalue weighted by Gasteiger charge is 2.19. The molecule has 1 aromatic carbocycles. The highest BCUT2D eigenvalue weighted by atomic mass is 32.1. The standard InChI is InChI=1S/C14H12O2S/c15-9-12-5-6-14(17-12)11-3-1-10(2-4-11)13-7-8-16-13/h1-6,9,13H,7-8H2. The van der Waals surface area contributed by atoms with Crippen molar-refractivity contribution in [2.24, 2.45) is 0 Å². The molecule has 1 atom stereocenters. The van der Waals surface area contributed by atoms with E-state index in [4.69, 9.17) is 4.74 Å². The fraction of sp³-hybridized carbons (Fsp3) is 0.214. The molecule has 0 aliphatic carbocycles. The smallest absolute Gasteiger partial charge is 0.160 e. The molecule has 1 fully saturated rings. The van der Waals surface area contributed by atoms with Crippen LogP contribution in [0.5, 0.6) is 0 Å². The maximum absolute atomic E-state index is 10.6. The molecular weight excluding hydrogens is 232 g/mol. The van der Waals surface area contributed by atoms with E-state index in [1.165, 1.54) is 16.9 Å². The van der Waals surface area contributed by atoms with Crippen LogP contribution in [0, 0.1) is 0 Å². The number of benzene rings is 1. The van der Waals surface area contributed by atoms with Gasteiger partial charge in [-0.1, -0.05) is 24.3 Å². The molecule has 2 aromatic rings. The molecule has 2 nitrogen and oxygen atoms in total. The van der Waals surface area contributed by atoms with Crippen LogP contribution in [-0.2, 0) is 4.74 Å². The second-order valence-electron chi connectivity index (χ2n) is 4.09. The highest BCUT2D eigenvalue weighted by molar-refractivity contribution is 7.17. The van der Waals surface area contributed by atoms with E-state index in [0.717, 1.165) is 34.6 Å². The van der Waals surface area contributed by atoms with E-state index in [9.17, 15) is 4.79 Å². The SMILES string of the molecule is O=Cc1ccc(-c2ccc(C3CCO3)cc2)s1. The molecule has 1 saturated heterocycles. The van der Waals surface area contributed by atoms with Crippen molar-refractivity contribution < 1.29 is 9.53 Å². The molecule has 1 aliphatic heterocycles. The summed E-state index contributed by atoms with van der Waals surface area (Å²) in [5, 5.41) is 0. The Labute approximate surface area is 104 Å². The van der Waals surface area contributed by atoms with E-state index in [0.29, 0.717) is 0 Å². The molecule has 0 bridgehead atoms. The first kappa shape index (κ1) is 10.7. The lowest BCUT2D eigenvalue weighted by atomic mass is 10.0. The molecule has 3 heteroatoms. The Morgan fingerprint density at radius 1 is 1.18 bits per heavy atom. The van der Waals surface area contributed by atoms with Crippen LogP contribution in [0.1, 0.15) is 27.8 Å². The third-order valence-corrected chi connectivity index (χ3v) is 4.07. The predicted octanol–water partition coefficient (Wildman–Crippen LogP) is 3.69. The van der Waals surface area contributed by atoms with Gasteiger partial charge in [0.25, 0.3) is 0 Å². The van der Waals surface area contributed by atoms with Crippen LogP contribution in [0.2, 0.25) is 0 Å². The molecular formula is C14H12O2S. The van der Waals surface area contributed by atoms with Crippen molar-refractivity contribution in [3.63, 3.8) is 0 Å². The lowest BCUT2D eigenvalue weighted by Gasteiger charge is -2.26. The van der Waals surface area contributed by atoms with E-state index < -0.39 is 0 Å². The van der Waals surface area contributed by atoms with E-state index in [1.807, 2.05) is 12.1 Å². The Balaban J connectivity index is 1.85. The first-order valence-corrected chi connectivity index (χ1v) is 6.45. The van der Waals surface area contributed by atoms with Gasteiger partial charge in [-0.2, -0.15) is 0 Å². The Hall–Kier alpha value is -1.45. The summed E-state index contributed by atoms with van der Waals surface area (Å²) >= 11 is 1.52. The largest absolute Gasteiger partial charge is 0.373 e. The number of hydrogen-bond acceptors (Lipinski definition) is 3. The number of hydrogen-bond donors (Lipinski definition) is 0. The molecule has 1 unspecified atom stereocenters. The zero-order valence-electron chi connectivity index (χ0n) is 9.26. The number of thiophene rings is 1. The molecule has 0 saturated carbocycles. The van der Waals surface area contributed by atoms with Gasteiger partial charge in [0.2, 0.25) is 0 Å². The molecule has 0 spiro atoms. The quantitative estimate of drug-likeness (QED) is 0.770. The molecule has 17 heavy (non-hydrogen) atoms. The van der Waals surface area contributed by atoms with Gasteiger partial charge in [0.05, 0.1) is 17.6 Å². The average molecular weight is 244 g/mol. The third-order valence-electron chi connectivity index (χ3n) is 3.01. The lowest BCUT2D eigenvalue weighted by Crippen LogP contribution is -2.17. The predicted molar refractivity (Wildman–Crippen MR) is 68.5 cm³/mol. The first-order chi connectivity index (χ1) is 8.36.